The third kappa shape index (κ3) is 5.19. The zero-order valence-electron chi connectivity index (χ0n) is 22.4. The maximum absolute atomic E-state index is 8.82. The van der Waals surface area contributed by atoms with Crippen LogP contribution in [0.4, 0.5) is 17.3 Å². The van der Waals surface area contributed by atoms with Gasteiger partial charge in [-0.1, -0.05) is 23.2 Å². The SMILES string of the molecule is CN/C(=C1\C(=N)CCc2cnc(Nc3ccc(N4CCN(C)CC4)cc3OC)nc21)c1cc(C)ccc1Cl. The molecule has 0 saturated carbocycles. The molecule has 1 aliphatic heterocycles. The Kier molecular flexibility index (Phi) is 7.53. The van der Waals surface area contributed by atoms with Crippen molar-refractivity contribution in [3.63, 3.8) is 0 Å². The van der Waals surface area contributed by atoms with Crippen LogP contribution in [0.1, 0.15) is 28.8 Å². The van der Waals surface area contributed by atoms with Gasteiger partial charge in [-0.05, 0) is 56.6 Å². The minimum atomic E-state index is 0.451. The van der Waals surface area contributed by atoms with Crippen LogP contribution >= 0.6 is 11.6 Å². The van der Waals surface area contributed by atoms with E-state index in [9.17, 15) is 0 Å². The molecular formula is C29H34ClN7O. The lowest BCUT2D eigenvalue weighted by Crippen LogP contribution is -2.44. The monoisotopic (exact) mass is 531 g/mol. The normalized spacial score (nSPS) is 17.2. The molecule has 198 valence electrons. The fourth-order valence-corrected chi connectivity index (χ4v) is 5.27. The number of methoxy groups -OCH3 is 1. The number of halogens is 1. The van der Waals surface area contributed by atoms with Gasteiger partial charge < -0.3 is 30.6 Å². The van der Waals surface area contributed by atoms with Crippen molar-refractivity contribution in [2.45, 2.75) is 19.8 Å². The van der Waals surface area contributed by atoms with Crippen LogP contribution in [0, 0.1) is 12.3 Å². The number of hydrogen-bond acceptors (Lipinski definition) is 8. The summed E-state index contributed by atoms with van der Waals surface area (Å²) in [7, 11) is 5.69. The number of aromatic nitrogens is 2. The highest BCUT2D eigenvalue weighted by molar-refractivity contribution is 6.35. The summed E-state index contributed by atoms with van der Waals surface area (Å²) < 4.78 is 5.74. The van der Waals surface area contributed by atoms with Gasteiger partial charge in [0.25, 0.3) is 0 Å². The van der Waals surface area contributed by atoms with Crippen molar-refractivity contribution in [3.05, 3.63) is 70.0 Å². The van der Waals surface area contributed by atoms with Gasteiger partial charge in [0.05, 0.1) is 24.2 Å². The van der Waals surface area contributed by atoms with Gasteiger partial charge in [0.2, 0.25) is 5.95 Å². The summed E-state index contributed by atoms with van der Waals surface area (Å²) in [4.78, 5) is 14.2. The lowest BCUT2D eigenvalue weighted by molar-refractivity contribution is 0.312. The van der Waals surface area contributed by atoms with Crippen LogP contribution in [0.5, 0.6) is 5.75 Å². The molecule has 38 heavy (non-hydrogen) atoms. The first-order valence-corrected chi connectivity index (χ1v) is 13.3. The summed E-state index contributed by atoms with van der Waals surface area (Å²) >= 11 is 6.60. The number of anilines is 3. The number of ether oxygens (including phenoxy) is 1. The number of nitrogens with one attached hydrogen (secondary N) is 3. The second-order valence-electron chi connectivity index (χ2n) is 9.83. The molecule has 0 spiro atoms. The largest absolute Gasteiger partial charge is 0.494 e. The highest BCUT2D eigenvalue weighted by Crippen LogP contribution is 2.36. The molecule has 5 rings (SSSR count). The third-order valence-corrected chi connectivity index (χ3v) is 7.57. The van der Waals surface area contributed by atoms with Gasteiger partial charge in [0.1, 0.15) is 5.75 Å². The van der Waals surface area contributed by atoms with Crippen molar-refractivity contribution >= 4 is 45.9 Å². The Morgan fingerprint density at radius 1 is 1.08 bits per heavy atom. The number of likely N-dealkylation sites (N-methyl/N-ethyl adjacent to an activating group) is 1. The molecular weight excluding hydrogens is 498 g/mol. The number of fused-ring (bicyclic) bond motifs is 1. The molecule has 2 aromatic carbocycles. The van der Waals surface area contributed by atoms with E-state index >= 15 is 0 Å². The zero-order valence-corrected chi connectivity index (χ0v) is 23.1. The number of nitrogens with zero attached hydrogens (tertiary/aromatic N) is 4. The molecule has 1 aromatic heterocycles. The van der Waals surface area contributed by atoms with Crippen LogP contribution in [0.3, 0.4) is 0 Å². The lowest BCUT2D eigenvalue weighted by atomic mass is 9.87. The molecule has 8 nitrogen and oxygen atoms in total. The minimum absolute atomic E-state index is 0.451. The molecule has 0 amide bonds. The van der Waals surface area contributed by atoms with Crippen molar-refractivity contribution in [3.8, 4) is 5.75 Å². The second-order valence-corrected chi connectivity index (χ2v) is 10.2. The van der Waals surface area contributed by atoms with E-state index in [1.165, 1.54) is 0 Å². The summed E-state index contributed by atoms with van der Waals surface area (Å²) in [5.41, 5.74) is 7.71. The van der Waals surface area contributed by atoms with Crippen molar-refractivity contribution in [2.75, 3.05) is 57.6 Å². The summed E-state index contributed by atoms with van der Waals surface area (Å²) in [6.07, 6.45) is 3.20. The van der Waals surface area contributed by atoms with E-state index in [2.05, 4.69) is 44.6 Å². The maximum Gasteiger partial charge on any atom is 0.227 e. The Labute approximate surface area is 229 Å². The van der Waals surface area contributed by atoms with Crippen molar-refractivity contribution < 1.29 is 4.74 Å². The van der Waals surface area contributed by atoms with Gasteiger partial charge in [0.15, 0.2) is 0 Å². The number of rotatable bonds is 6. The van der Waals surface area contributed by atoms with E-state index in [0.717, 1.165) is 83.4 Å². The van der Waals surface area contributed by atoms with Gasteiger partial charge in [0, 0.05) is 73.0 Å². The topological polar surface area (TPSA) is 89.4 Å². The molecule has 1 saturated heterocycles. The van der Waals surface area contributed by atoms with E-state index in [4.69, 9.17) is 26.7 Å². The molecule has 1 aliphatic carbocycles. The first-order valence-electron chi connectivity index (χ1n) is 12.9. The molecule has 0 bridgehead atoms. The molecule has 0 unspecified atom stereocenters. The number of piperazine rings is 1. The average molecular weight is 532 g/mol. The Bertz CT molecular complexity index is 1400. The fraction of sp³-hybridized carbons (Fsp3) is 0.345. The van der Waals surface area contributed by atoms with Gasteiger partial charge in [-0.2, -0.15) is 0 Å². The summed E-state index contributed by atoms with van der Waals surface area (Å²) in [5, 5.41) is 16.1. The van der Waals surface area contributed by atoms with Crippen molar-refractivity contribution in [1.29, 1.82) is 5.41 Å². The number of aryl methyl sites for hydroxylation is 2. The van der Waals surface area contributed by atoms with E-state index in [1.807, 2.05) is 44.4 Å². The van der Waals surface area contributed by atoms with Gasteiger partial charge in [-0.25, -0.2) is 9.97 Å². The fourth-order valence-electron chi connectivity index (χ4n) is 5.05. The van der Waals surface area contributed by atoms with Crippen LogP contribution in [0.2, 0.25) is 5.02 Å². The molecule has 0 radical (unpaired) electrons. The summed E-state index contributed by atoms with van der Waals surface area (Å²) in [6, 6.07) is 12.1. The molecule has 9 heteroatoms. The highest BCUT2D eigenvalue weighted by atomic mass is 35.5. The van der Waals surface area contributed by atoms with Crippen LogP contribution in [-0.4, -0.2) is 68.0 Å². The smallest absolute Gasteiger partial charge is 0.227 e. The van der Waals surface area contributed by atoms with E-state index < -0.39 is 0 Å². The summed E-state index contributed by atoms with van der Waals surface area (Å²) in [5.74, 6) is 1.18. The third-order valence-electron chi connectivity index (χ3n) is 7.24. The van der Waals surface area contributed by atoms with E-state index in [1.54, 1.807) is 7.11 Å². The quantitative estimate of drug-likeness (QED) is 0.412. The molecule has 3 aromatic rings. The maximum atomic E-state index is 8.82. The molecule has 0 atom stereocenters. The Hall–Kier alpha value is -3.62. The number of benzene rings is 2. The van der Waals surface area contributed by atoms with E-state index in [0.29, 0.717) is 23.1 Å². The lowest BCUT2D eigenvalue weighted by Gasteiger charge is -2.34. The minimum Gasteiger partial charge on any atom is -0.494 e. The van der Waals surface area contributed by atoms with Gasteiger partial charge >= 0.3 is 0 Å². The predicted octanol–water partition coefficient (Wildman–Crippen LogP) is 5.00. The van der Waals surface area contributed by atoms with Crippen LogP contribution in [0.15, 0.2) is 42.6 Å². The van der Waals surface area contributed by atoms with E-state index in [-0.39, 0.29) is 0 Å². The van der Waals surface area contributed by atoms with Gasteiger partial charge in [-0.3, -0.25) is 0 Å². The van der Waals surface area contributed by atoms with Crippen molar-refractivity contribution in [2.24, 2.45) is 0 Å². The first kappa shape index (κ1) is 26.0. The van der Waals surface area contributed by atoms with Crippen molar-refractivity contribution in [1.82, 2.24) is 20.2 Å². The molecule has 1 fully saturated rings. The Morgan fingerprint density at radius 3 is 2.61 bits per heavy atom. The predicted molar refractivity (Wildman–Crippen MR) is 156 cm³/mol. The Morgan fingerprint density at radius 2 is 1.87 bits per heavy atom. The Balaban J connectivity index is 1.50. The second kappa shape index (κ2) is 11.0. The highest BCUT2D eigenvalue weighted by Gasteiger charge is 2.26. The number of hydrogen-bond donors (Lipinski definition) is 3. The van der Waals surface area contributed by atoms with Crippen LogP contribution in [0.25, 0.3) is 11.3 Å². The van der Waals surface area contributed by atoms with Crippen LogP contribution in [-0.2, 0) is 6.42 Å². The standard InChI is InChI=1S/C29H34ClN7O/c1-18-5-8-22(30)21(15-18)28(32-2)26-23(31)9-6-19-17-33-29(35-27(19)26)34-24-10-7-20(16-25(24)38-4)37-13-11-36(3)12-14-37/h5,7-8,10,15-17,31-32H,6,9,11-14H2,1-4H3,(H,33,34,35)/b28-26+,31-23?. The first-order chi connectivity index (χ1) is 18.4. The van der Waals surface area contributed by atoms with Crippen LogP contribution < -0.4 is 20.3 Å². The average Bonchev–Trinajstić information content (AvgIpc) is 2.92. The number of allylic oxidation sites excluding steroid dienone is 1. The summed E-state index contributed by atoms with van der Waals surface area (Å²) in [6.45, 7) is 6.09. The molecule has 2 heterocycles. The molecule has 3 N–H and O–H groups in total. The molecule has 2 aliphatic rings. The van der Waals surface area contributed by atoms with Gasteiger partial charge in [-0.15, -0.1) is 0 Å². The zero-order chi connectivity index (χ0) is 26.8.